The minimum atomic E-state index is -0.286. The van der Waals surface area contributed by atoms with Crippen molar-refractivity contribution in [2.45, 2.75) is 13.5 Å². The maximum absolute atomic E-state index is 12.8. The van der Waals surface area contributed by atoms with Gasteiger partial charge in [-0.25, -0.2) is 9.37 Å². The molecule has 0 fully saturated rings. The second-order valence-electron chi connectivity index (χ2n) is 5.73. The van der Waals surface area contributed by atoms with Gasteiger partial charge >= 0.3 is 0 Å². The summed E-state index contributed by atoms with van der Waals surface area (Å²) in [5, 5.41) is 5.87. The summed E-state index contributed by atoms with van der Waals surface area (Å²) in [4.78, 5) is 16.1. The SMILES string of the molecule is Cc1cn(-c2ccc(NCC(=O)NCc3ccc(F)cc3)cc2)cn1. The molecular formula is C19H19FN4O. The number of nitrogens with one attached hydrogen (secondary N) is 2. The summed E-state index contributed by atoms with van der Waals surface area (Å²) in [6, 6.07) is 13.8. The molecule has 0 saturated heterocycles. The van der Waals surface area contributed by atoms with E-state index in [9.17, 15) is 9.18 Å². The van der Waals surface area contributed by atoms with E-state index in [-0.39, 0.29) is 18.3 Å². The van der Waals surface area contributed by atoms with Gasteiger partial charge in [0.2, 0.25) is 5.91 Å². The van der Waals surface area contributed by atoms with E-state index in [1.807, 2.05) is 42.0 Å². The first-order chi connectivity index (χ1) is 12.1. The highest BCUT2D eigenvalue weighted by Crippen LogP contribution is 2.13. The Morgan fingerprint density at radius 3 is 2.48 bits per heavy atom. The number of amides is 1. The average Bonchev–Trinajstić information content (AvgIpc) is 3.06. The van der Waals surface area contributed by atoms with E-state index in [0.29, 0.717) is 6.54 Å². The zero-order valence-electron chi connectivity index (χ0n) is 13.9. The smallest absolute Gasteiger partial charge is 0.239 e. The van der Waals surface area contributed by atoms with E-state index in [1.165, 1.54) is 12.1 Å². The average molecular weight is 338 g/mol. The van der Waals surface area contributed by atoms with E-state index in [2.05, 4.69) is 15.6 Å². The van der Waals surface area contributed by atoms with Crippen LogP contribution in [0.2, 0.25) is 0 Å². The highest BCUT2D eigenvalue weighted by atomic mass is 19.1. The largest absolute Gasteiger partial charge is 0.376 e. The van der Waals surface area contributed by atoms with Gasteiger partial charge in [0, 0.05) is 24.1 Å². The van der Waals surface area contributed by atoms with Gasteiger partial charge in [-0.3, -0.25) is 4.79 Å². The fraction of sp³-hybridized carbons (Fsp3) is 0.158. The molecule has 0 aliphatic carbocycles. The lowest BCUT2D eigenvalue weighted by molar-refractivity contribution is -0.119. The third-order valence-electron chi connectivity index (χ3n) is 3.73. The van der Waals surface area contributed by atoms with Crippen LogP contribution in [0.3, 0.4) is 0 Å². The van der Waals surface area contributed by atoms with Crippen LogP contribution in [0.5, 0.6) is 0 Å². The summed E-state index contributed by atoms with van der Waals surface area (Å²) in [6.07, 6.45) is 3.71. The first-order valence-corrected chi connectivity index (χ1v) is 7.96. The fourth-order valence-electron chi connectivity index (χ4n) is 2.36. The first kappa shape index (κ1) is 16.7. The predicted molar refractivity (Wildman–Crippen MR) is 95.0 cm³/mol. The Labute approximate surface area is 145 Å². The molecule has 3 rings (SSSR count). The van der Waals surface area contributed by atoms with Crippen molar-refractivity contribution < 1.29 is 9.18 Å². The molecule has 2 N–H and O–H groups in total. The van der Waals surface area contributed by atoms with Crippen LogP contribution < -0.4 is 10.6 Å². The van der Waals surface area contributed by atoms with Gasteiger partial charge in [-0.15, -0.1) is 0 Å². The minimum Gasteiger partial charge on any atom is -0.376 e. The summed E-state index contributed by atoms with van der Waals surface area (Å²) in [7, 11) is 0. The van der Waals surface area contributed by atoms with Gasteiger partial charge in [0.25, 0.3) is 0 Å². The molecule has 0 bridgehead atoms. The lowest BCUT2D eigenvalue weighted by Gasteiger charge is -2.09. The fourth-order valence-corrected chi connectivity index (χ4v) is 2.36. The van der Waals surface area contributed by atoms with E-state index < -0.39 is 0 Å². The van der Waals surface area contributed by atoms with Crippen LogP contribution >= 0.6 is 0 Å². The zero-order valence-corrected chi connectivity index (χ0v) is 13.9. The molecule has 0 aliphatic heterocycles. The van der Waals surface area contributed by atoms with Gasteiger partial charge in [0.05, 0.1) is 18.6 Å². The molecule has 3 aromatic rings. The Balaban J connectivity index is 1.47. The van der Waals surface area contributed by atoms with E-state index in [0.717, 1.165) is 22.6 Å². The normalized spacial score (nSPS) is 10.5. The van der Waals surface area contributed by atoms with Crippen LogP contribution in [0.25, 0.3) is 5.69 Å². The van der Waals surface area contributed by atoms with Crippen LogP contribution in [0.1, 0.15) is 11.3 Å². The highest BCUT2D eigenvalue weighted by Gasteiger charge is 2.03. The van der Waals surface area contributed by atoms with E-state index >= 15 is 0 Å². The van der Waals surface area contributed by atoms with Crippen molar-refractivity contribution in [2.75, 3.05) is 11.9 Å². The molecule has 2 aromatic carbocycles. The molecule has 0 unspecified atom stereocenters. The number of aromatic nitrogens is 2. The number of rotatable bonds is 6. The quantitative estimate of drug-likeness (QED) is 0.726. The topological polar surface area (TPSA) is 59.0 Å². The van der Waals surface area contributed by atoms with E-state index in [4.69, 9.17) is 0 Å². The lowest BCUT2D eigenvalue weighted by Crippen LogP contribution is -2.29. The molecule has 0 spiro atoms. The molecule has 0 radical (unpaired) electrons. The third kappa shape index (κ3) is 4.67. The van der Waals surface area contributed by atoms with Crippen molar-refractivity contribution in [3.05, 3.63) is 78.1 Å². The highest BCUT2D eigenvalue weighted by molar-refractivity contribution is 5.80. The summed E-state index contributed by atoms with van der Waals surface area (Å²) in [6.45, 7) is 2.49. The number of hydrogen-bond acceptors (Lipinski definition) is 3. The summed E-state index contributed by atoms with van der Waals surface area (Å²) in [5.74, 6) is -0.412. The zero-order chi connectivity index (χ0) is 17.6. The summed E-state index contributed by atoms with van der Waals surface area (Å²) >= 11 is 0. The molecule has 0 saturated carbocycles. The van der Waals surface area contributed by atoms with Crippen molar-refractivity contribution in [3.8, 4) is 5.69 Å². The maximum Gasteiger partial charge on any atom is 0.239 e. The number of halogens is 1. The molecule has 0 atom stereocenters. The predicted octanol–water partition coefficient (Wildman–Crippen LogP) is 3.05. The molecule has 1 aromatic heterocycles. The maximum atomic E-state index is 12.8. The first-order valence-electron chi connectivity index (χ1n) is 7.96. The van der Waals surface area contributed by atoms with Crippen molar-refractivity contribution >= 4 is 11.6 Å². The number of hydrogen-bond donors (Lipinski definition) is 2. The number of imidazole rings is 1. The van der Waals surface area contributed by atoms with Crippen molar-refractivity contribution in [3.63, 3.8) is 0 Å². The van der Waals surface area contributed by atoms with E-state index in [1.54, 1.807) is 18.5 Å². The Morgan fingerprint density at radius 1 is 1.12 bits per heavy atom. The molecule has 128 valence electrons. The Kier molecular flexibility index (Phi) is 5.09. The molecule has 5 nitrogen and oxygen atoms in total. The van der Waals surface area contributed by atoms with Gasteiger partial charge in [-0.1, -0.05) is 12.1 Å². The summed E-state index contributed by atoms with van der Waals surface area (Å²) < 4.78 is 14.8. The van der Waals surface area contributed by atoms with Crippen molar-refractivity contribution in [2.24, 2.45) is 0 Å². The van der Waals surface area contributed by atoms with Crippen LogP contribution in [0, 0.1) is 12.7 Å². The van der Waals surface area contributed by atoms with Gasteiger partial charge in [-0.2, -0.15) is 0 Å². The molecule has 1 heterocycles. The second-order valence-corrected chi connectivity index (χ2v) is 5.73. The van der Waals surface area contributed by atoms with Gasteiger partial charge in [0.15, 0.2) is 0 Å². The monoisotopic (exact) mass is 338 g/mol. The molecule has 6 heteroatoms. The number of benzene rings is 2. The number of nitrogens with zero attached hydrogens (tertiary/aromatic N) is 2. The van der Waals surface area contributed by atoms with Gasteiger partial charge < -0.3 is 15.2 Å². The number of carbonyl (C=O) groups is 1. The van der Waals surface area contributed by atoms with Crippen LogP contribution in [-0.2, 0) is 11.3 Å². The molecule has 1 amide bonds. The Morgan fingerprint density at radius 2 is 1.84 bits per heavy atom. The molecule has 25 heavy (non-hydrogen) atoms. The van der Waals surface area contributed by atoms with Crippen LogP contribution in [0.4, 0.5) is 10.1 Å². The van der Waals surface area contributed by atoms with Crippen molar-refractivity contribution in [1.82, 2.24) is 14.9 Å². The van der Waals surface area contributed by atoms with Crippen LogP contribution in [-0.4, -0.2) is 22.0 Å². The Bertz CT molecular complexity index is 841. The number of carbonyl (C=O) groups excluding carboxylic acids is 1. The second kappa shape index (κ2) is 7.61. The standard InChI is InChI=1S/C19H19FN4O/c1-14-12-24(13-23-14)18-8-6-17(7-9-18)21-11-19(25)22-10-15-2-4-16(20)5-3-15/h2-9,12-13,21H,10-11H2,1H3,(H,22,25). The lowest BCUT2D eigenvalue weighted by atomic mass is 10.2. The van der Waals surface area contributed by atoms with Crippen molar-refractivity contribution in [1.29, 1.82) is 0 Å². The molecular weight excluding hydrogens is 319 g/mol. The minimum absolute atomic E-state index is 0.126. The number of aryl methyl sites for hydroxylation is 1. The Hall–Kier alpha value is -3.15. The number of anilines is 1. The van der Waals surface area contributed by atoms with Gasteiger partial charge in [-0.05, 0) is 48.9 Å². The summed E-state index contributed by atoms with van der Waals surface area (Å²) in [5.41, 5.74) is 3.68. The van der Waals surface area contributed by atoms with Gasteiger partial charge in [0.1, 0.15) is 5.82 Å². The molecule has 0 aliphatic rings. The third-order valence-corrected chi connectivity index (χ3v) is 3.73. The van der Waals surface area contributed by atoms with Crippen LogP contribution in [0.15, 0.2) is 61.1 Å².